The monoisotopic (exact) mass is 247 g/mol. The average Bonchev–Trinajstić information content (AvgIpc) is 2.93. The number of carboxylic acid groups (broad SMARTS) is 1. The minimum absolute atomic E-state index is 0.0495. The van der Waals surface area contributed by atoms with Gasteiger partial charge in [-0.2, -0.15) is 5.10 Å². The summed E-state index contributed by atoms with van der Waals surface area (Å²) >= 11 is 1.61. The molecule has 5 nitrogen and oxygen atoms in total. The van der Waals surface area contributed by atoms with Crippen LogP contribution in [0.15, 0.2) is 36.0 Å². The van der Waals surface area contributed by atoms with Gasteiger partial charge in [0.05, 0.1) is 4.88 Å². The standard InChI is InChI=1S/C11H9N3O2S/c15-11(16)7-13-3-4-14-10(13)6-8(12-14)9-2-1-5-17-9/h1-6H,7H2,(H,15,16). The van der Waals surface area contributed by atoms with E-state index < -0.39 is 5.97 Å². The van der Waals surface area contributed by atoms with E-state index in [9.17, 15) is 4.79 Å². The van der Waals surface area contributed by atoms with Gasteiger partial charge in [0.25, 0.3) is 0 Å². The molecule has 0 unspecified atom stereocenters. The molecule has 0 aliphatic carbocycles. The highest BCUT2D eigenvalue weighted by molar-refractivity contribution is 7.13. The Bertz CT molecular complexity index is 666. The number of aliphatic carboxylic acids is 1. The van der Waals surface area contributed by atoms with Crippen LogP contribution in [0, 0.1) is 0 Å². The van der Waals surface area contributed by atoms with E-state index in [1.165, 1.54) is 0 Å². The van der Waals surface area contributed by atoms with E-state index in [0.717, 1.165) is 16.2 Å². The van der Waals surface area contributed by atoms with Crippen LogP contribution < -0.4 is 0 Å². The molecule has 0 spiro atoms. The molecule has 0 bridgehead atoms. The maximum atomic E-state index is 10.7. The Morgan fingerprint density at radius 3 is 3.06 bits per heavy atom. The topological polar surface area (TPSA) is 59.5 Å². The van der Waals surface area contributed by atoms with Crippen molar-refractivity contribution < 1.29 is 9.90 Å². The summed E-state index contributed by atoms with van der Waals surface area (Å²) in [6.45, 7) is -0.0495. The first kappa shape index (κ1) is 10.1. The first-order valence-corrected chi connectivity index (χ1v) is 5.92. The Hall–Kier alpha value is -2.08. The molecule has 0 aromatic carbocycles. The second-order valence-electron chi connectivity index (χ2n) is 3.63. The van der Waals surface area contributed by atoms with Gasteiger partial charge in [-0.3, -0.25) is 4.79 Å². The second kappa shape index (κ2) is 3.74. The van der Waals surface area contributed by atoms with Crippen molar-refractivity contribution in [3.8, 4) is 10.6 Å². The van der Waals surface area contributed by atoms with Gasteiger partial charge < -0.3 is 9.67 Å². The highest BCUT2D eigenvalue weighted by Crippen LogP contribution is 2.24. The molecule has 3 rings (SSSR count). The number of fused-ring (bicyclic) bond motifs is 1. The molecule has 0 aliphatic rings. The lowest BCUT2D eigenvalue weighted by Crippen LogP contribution is -2.07. The number of rotatable bonds is 3. The van der Waals surface area contributed by atoms with Crippen LogP contribution in [-0.4, -0.2) is 25.3 Å². The van der Waals surface area contributed by atoms with Gasteiger partial charge in [-0.1, -0.05) is 6.07 Å². The molecule has 3 heterocycles. The van der Waals surface area contributed by atoms with Crippen molar-refractivity contribution in [2.75, 3.05) is 0 Å². The van der Waals surface area contributed by atoms with Gasteiger partial charge in [-0.25, -0.2) is 4.52 Å². The summed E-state index contributed by atoms with van der Waals surface area (Å²) < 4.78 is 3.35. The number of aromatic nitrogens is 3. The van der Waals surface area contributed by atoms with E-state index in [1.54, 1.807) is 32.8 Å². The molecule has 17 heavy (non-hydrogen) atoms. The Morgan fingerprint density at radius 1 is 1.47 bits per heavy atom. The molecule has 86 valence electrons. The maximum absolute atomic E-state index is 10.7. The summed E-state index contributed by atoms with van der Waals surface area (Å²) in [5.74, 6) is -0.859. The second-order valence-corrected chi connectivity index (χ2v) is 4.58. The molecule has 3 aromatic rings. The molecule has 6 heteroatoms. The number of hydrogen-bond donors (Lipinski definition) is 1. The number of carbonyl (C=O) groups is 1. The highest BCUT2D eigenvalue weighted by atomic mass is 32.1. The zero-order chi connectivity index (χ0) is 11.8. The van der Waals surface area contributed by atoms with Crippen molar-refractivity contribution in [3.63, 3.8) is 0 Å². The molecule has 1 N–H and O–H groups in total. The van der Waals surface area contributed by atoms with Gasteiger partial charge in [0, 0.05) is 18.5 Å². The molecule has 0 radical (unpaired) electrons. The summed E-state index contributed by atoms with van der Waals surface area (Å²) in [6, 6.07) is 5.86. The highest BCUT2D eigenvalue weighted by Gasteiger charge is 2.10. The van der Waals surface area contributed by atoms with E-state index >= 15 is 0 Å². The van der Waals surface area contributed by atoms with Crippen molar-refractivity contribution in [2.24, 2.45) is 0 Å². The first-order chi connectivity index (χ1) is 8.24. The summed E-state index contributed by atoms with van der Waals surface area (Å²) in [5, 5.41) is 15.2. The number of carboxylic acids is 1. The van der Waals surface area contributed by atoms with Crippen molar-refractivity contribution in [3.05, 3.63) is 36.0 Å². The molecule has 0 amide bonds. The number of hydrogen-bond acceptors (Lipinski definition) is 3. The Balaban J connectivity index is 2.08. The molecule has 0 fully saturated rings. The van der Waals surface area contributed by atoms with Crippen molar-refractivity contribution >= 4 is 23.0 Å². The minimum Gasteiger partial charge on any atom is -0.480 e. The van der Waals surface area contributed by atoms with Crippen LogP contribution in [0.3, 0.4) is 0 Å². The molecular formula is C11H9N3O2S. The van der Waals surface area contributed by atoms with Crippen molar-refractivity contribution in [1.29, 1.82) is 0 Å². The quantitative estimate of drug-likeness (QED) is 0.769. The molecule has 0 aliphatic heterocycles. The van der Waals surface area contributed by atoms with Crippen molar-refractivity contribution in [2.45, 2.75) is 6.54 Å². The fourth-order valence-corrected chi connectivity index (χ4v) is 2.43. The number of nitrogens with zero attached hydrogens (tertiary/aromatic N) is 3. The van der Waals surface area contributed by atoms with Crippen LogP contribution in [0.4, 0.5) is 0 Å². The van der Waals surface area contributed by atoms with Gasteiger partial charge in [-0.05, 0) is 11.4 Å². The van der Waals surface area contributed by atoms with Crippen LogP contribution in [0.5, 0.6) is 0 Å². The Labute approximate surface area is 101 Å². The van der Waals surface area contributed by atoms with E-state index in [2.05, 4.69) is 5.10 Å². The van der Waals surface area contributed by atoms with Gasteiger partial charge in [-0.15, -0.1) is 11.3 Å². The first-order valence-electron chi connectivity index (χ1n) is 5.04. The third kappa shape index (κ3) is 1.72. The lowest BCUT2D eigenvalue weighted by atomic mass is 10.3. The number of thiophene rings is 1. The summed E-state index contributed by atoms with van der Waals surface area (Å²) in [4.78, 5) is 11.8. The Morgan fingerprint density at radius 2 is 2.35 bits per heavy atom. The van der Waals surface area contributed by atoms with E-state index in [-0.39, 0.29) is 6.54 Å². The maximum Gasteiger partial charge on any atom is 0.323 e. The van der Waals surface area contributed by atoms with Crippen molar-refractivity contribution in [1.82, 2.24) is 14.2 Å². The molecule has 0 atom stereocenters. The van der Waals surface area contributed by atoms with Gasteiger partial charge in [0.1, 0.15) is 17.9 Å². The number of imidazole rings is 1. The molecular weight excluding hydrogens is 238 g/mol. The summed E-state index contributed by atoms with van der Waals surface area (Å²) in [5.41, 5.74) is 1.66. The summed E-state index contributed by atoms with van der Waals surface area (Å²) in [7, 11) is 0. The molecule has 3 aromatic heterocycles. The van der Waals surface area contributed by atoms with Gasteiger partial charge in [0.2, 0.25) is 0 Å². The van der Waals surface area contributed by atoms with Crippen LogP contribution in [0.1, 0.15) is 0 Å². The Kier molecular flexibility index (Phi) is 2.22. The van der Waals surface area contributed by atoms with Gasteiger partial charge >= 0.3 is 5.97 Å². The zero-order valence-electron chi connectivity index (χ0n) is 8.78. The normalized spacial score (nSPS) is 11.1. The predicted octanol–water partition coefficient (Wildman–Crippen LogP) is 1.95. The predicted molar refractivity (Wildman–Crippen MR) is 64.1 cm³/mol. The van der Waals surface area contributed by atoms with Gasteiger partial charge in [0.15, 0.2) is 0 Å². The van der Waals surface area contributed by atoms with E-state index in [1.807, 2.05) is 23.6 Å². The van der Waals surface area contributed by atoms with Crippen LogP contribution in [0.25, 0.3) is 16.2 Å². The van der Waals surface area contributed by atoms with Crippen LogP contribution >= 0.6 is 11.3 Å². The lowest BCUT2D eigenvalue weighted by molar-refractivity contribution is -0.137. The molecule has 0 saturated carbocycles. The van der Waals surface area contributed by atoms with E-state index in [4.69, 9.17) is 5.11 Å². The lowest BCUT2D eigenvalue weighted by Gasteiger charge is -1.96. The SMILES string of the molecule is O=C(O)Cn1ccn2nc(-c3cccs3)cc12. The third-order valence-electron chi connectivity index (χ3n) is 2.48. The zero-order valence-corrected chi connectivity index (χ0v) is 9.59. The van der Waals surface area contributed by atoms with E-state index in [0.29, 0.717) is 0 Å². The molecule has 0 saturated heterocycles. The third-order valence-corrected chi connectivity index (χ3v) is 3.37. The van der Waals surface area contributed by atoms with Crippen LogP contribution in [-0.2, 0) is 11.3 Å². The summed E-state index contributed by atoms with van der Waals surface area (Å²) in [6.07, 6.45) is 3.48. The smallest absolute Gasteiger partial charge is 0.323 e. The average molecular weight is 247 g/mol. The fourth-order valence-electron chi connectivity index (χ4n) is 1.75. The fraction of sp³-hybridized carbons (Fsp3) is 0.0909. The minimum atomic E-state index is -0.859. The largest absolute Gasteiger partial charge is 0.480 e. The van der Waals surface area contributed by atoms with Crippen LogP contribution in [0.2, 0.25) is 0 Å².